The predicted molar refractivity (Wildman–Crippen MR) is 89.2 cm³/mol. The normalized spacial score (nSPS) is 18.5. The molecule has 0 aliphatic carbocycles. The maximum atomic E-state index is 12.1. The quantitative estimate of drug-likeness (QED) is 0.840. The van der Waals surface area contributed by atoms with E-state index < -0.39 is 0 Å². The van der Waals surface area contributed by atoms with Gasteiger partial charge in [-0.25, -0.2) is 0 Å². The zero-order valence-corrected chi connectivity index (χ0v) is 13.9. The first-order valence-electron chi connectivity index (χ1n) is 8.18. The summed E-state index contributed by atoms with van der Waals surface area (Å²) in [5, 5.41) is 7.20. The molecule has 1 aliphatic rings. The van der Waals surface area contributed by atoms with E-state index in [2.05, 4.69) is 20.3 Å². The smallest absolute Gasteiger partial charge is 0.234 e. The van der Waals surface area contributed by atoms with Gasteiger partial charge in [-0.3, -0.25) is 19.4 Å². The number of carbonyl (C=O) groups excluding carboxylic acids is 1. The van der Waals surface area contributed by atoms with Crippen LogP contribution in [0.15, 0.2) is 36.8 Å². The van der Waals surface area contributed by atoms with Gasteiger partial charge in [0.1, 0.15) is 0 Å². The Kier molecular flexibility index (Phi) is 5.55. The molecule has 3 rings (SSSR count). The highest BCUT2D eigenvalue weighted by atomic mass is 16.5. The zero-order valence-electron chi connectivity index (χ0n) is 13.9. The molecule has 7 heteroatoms. The van der Waals surface area contributed by atoms with Gasteiger partial charge >= 0.3 is 0 Å². The van der Waals surface area contributed by atoms with E-state index in [1.54, 1.807) is 6.20 Å². The van der Waals surface area contributed by atoms with Crippen molar-refractivity contribution in [2.24, 2.45) is 0 Å². The molecule has 0 radical (unpaired) electrons. The van der Waals surface area contributed by atoms with Crippen molar-refractivity contribution in [3.8, 4) is 0 Å². The molecule has 1 saturated heterocycles. The lowest BCUT2D eigenvalue weighted by Crippen LogP contribution is -2.48. The number of hydrogen-bond acceptors (Lipinski definition) is 5. The maximum absolute atomic E-state index is 12.1. The monoisotopic (exact) mass is 329 g/mol. The SMILES string of the molecule is Cc1cnn(C[C@H]2CN(CC(=O)NCc3ccccn3)CCO2)c1. The van der Waals surface area contributed by atoms with E-state index in [1.807, 2.05) is 42.2 Å². The molecule has 1 atom stereocenters. The number of aromatic nitrogens is 3. The Morgan fingerprint density at radius 2 is 2.38 bits per heavy atom. The first kappa shape index (κ1) is 16.6. The minimum Gasteiger partial charge on any atom is -0.374 e. The Bertz CT molecular complexity index is 658. The van der Waals surface area contributed by atoms with Crippen LogP contribution in [0, 0.1) is 6.92 Å². The summed E-state index contributed by atoms with van der Waals surface area (Å²) < 4.78 is 7.68. The molecule has 2 aromatic rings. The van der Waals surface area contributed by atoms with E-state index in [0.717, 1.165) is 24.3 Å². The molecule has 0 spiro atoms. The molecule has 24 heavy (non-hydrogen) atoms. The predicted octanol–water partition coefficient (Wildman–Crippen LogP) is 0.604. The lowest BCUT2D eigenvalue weighted by Gasteiger charge is -2.32. The first-order valence-corrected chi connectivity index (χ1v) is 8.18. The highest BCUT2D eigenvalue weighted by Crippen LogP contribution is 2.08. The van der Waals surface area contributed by atoms with Gasteiger partial charge in [-0.2, -0.15) is 5.10 Å². The number of hydrogen-bond donors (Lipinski definition) is 1. The third-order valence-electron chi connectivity index (χ3n) is 3.94. The second-order valence-electron chi connectivity index (χ2n) is 6.07. The molecule has 7 nitrogen and oxygen atoms in total. The van der Waals surface area contributed by atoms with E-state index in [9.17, 15) is 4.79 Å². The number of morpholine rings is 1. The molecule has 0 bridgehead atoms. The third kappa shape index (κ3) is 4.87. The summed E-state index contributed by atoms with van der Waals surface area (Å²) >= 11 is 0. The van der Waals surface area contributed by atoms with Crippen molar-refractivity contribution in [1.29, 1.82) is 0 Å². The van der Waals surface area contributed by atoms with E-state index in [0.29, 0.717) is 26.2 Å². The zero-order chi connectivity index (χ0) is 16.8. The van der Waals surface area contributed by atoms with Crippen LogP contribution in [-0.2, 0) is 22.6 Å². The Labute approximate surface area is 141 Å². The molecule has 2 aromatic heterocycles. The average Bonchev–Trinajstić information content (AvgIpc) is 2.99. The van der Waals surface area contributed by atoms with Crippen molar-refractivity contribution < 1.29 is 9.53 Å². The van der Waals surface area contributed by atoms with Gasteiger partial charge in [-0.05, 0) is 24.6 Å². The van der Waals surface area contributed by atoms with E-state index in [-0.39, 0.29) is 12.0 Å². The van der Waals surface area contributed by atoms with Crippen LogP contribution >= 0.6 is 0 Å². The van der Waals surface area contributed by atoms with E-state index in [1.165, 1.54) is 0 Å². The number of rotatable bonds is 6. The lowest BCUT2D eigenvalue weighted by atomic mass is 10.2. The van der Waals surface area contributed by atoms with Gasteiger partial charge in [0.15, 0.2) is 0 Å². The van der Waals surface area contributed by atoms with Crippen LogP contribution in [0.2, 0.25) is 0 Å². The fourth-order valence-corrected chi connectivity index (χ4v) is 2.76. The van der Waals surface area contributed by atoms with Gasteiger partial charge in [0.25, 0.3) is 0 Å². The summed E-state index contributed by atoms with van der Waals surface area (Å²) in [4.78, 5) is 18.4. The molecule has 3 heterocycles. The Morgan fingerprint density at radius 1 is 1.46 bits per heavy atom. The van der Waals surface area contributed by atoms with Gasteiger partial charge in [0, 0.05) is 25.5 Å². The Balaban J connectivity index is 1.43. The Hall–Kier alpha value is -2.25. The van der Waals surface area contributed by atoms with Gasteiger partial charge < -0.3 is 10.1 Å². The first-order chi connectivity index (χ1) is 11.7. The lowest BCUT2D eigenvalue weighted by molar-refractivity contribution is -0.124. The van der Waals surface area contributed by atoms with Gasteiger partial charge in [-0.1, -0.05) is 6.07 Å². The minimum absolute atomic E-state index is 0.0104. The summed E-state index contributed by atoms with van der Waals surface area (Å²) in [6.07, 6.45) is 5.63. The van der Waals surface area contributed by atoms with Crippen molar-refractivity contribution in [2.75, 3.05) is 26.2 Å². The molecule has 1 aliphatic heterocycles. The summed E-state index contributed by atoms with van der Waals surface area (Å²) in [5.41, 5.74) is 2.00. The molecular weight excluding hydrogens is 306 g/mol. The number of ether oxygens (including phenoxy) is 1. The highest BCUT2D eigenvalue weighted by Gasteiger charge is 2.22. The molecule has 1 N–H and O–H groups in total. The van der Waals surface area contributed by atoms with Crippen LogP contribution in [0.5, 0.6) is 0 Å². The number of nitrogens with one attached hydrogen (secondary N) is 1. The summed E-state index contributed by atoms with van der Waals surface area (Å²) in [5.74, 6) is 0.0104. The topological polar surface area (TPSA) is 72.3 Å². The fourth-order valence-electron chi connectivity index (χ4n) is 2.76. The molecule has 0 aromatic carbocycles. The Morgan fingerprint density at radius 3 is 3.12 bits per heavy atom. The van der Waals surface area contributed by atoms with E-state index in [4.69, 9.17) is 4.74 Å². The van der Waals surface area contributed by atoms with Crippen LogP contribution in [0.25, 0.3) is 0 Å². The third-order valence-corrected chi connectivity index (χ3v) is 3.94. The van der Waals surface area contributed by atoms with Crippen LogP contribution in [0.1, 0.15) is 11.3 Å². The second kappa shape index (κ2) is 8.03. The number of amides is 1. The molecule has 1 amide bonds. The average molecular weight is 329 g/mol. The summed E-state index contributed by atoms with van der Waals surface area (Å²) in [6.45, 7) is 5.70. The van der Waals surface area contributed by atoms with Crippen LogP contribution < -0.4 is 5.32 Å². The van der Waals surface area contributed by atoms with E-state index >= 15 is 0 Å². The highest BCUT2D eigenvalue weighted by molar-refractivity contribution is 5.77. The molecule has 0 saturated carbocycles. The van der Waals surface area contributed by atoms with Crippen LogP contribution in [0.4, 0.5) is 0 Å². The molecular formula is C17H23N5O2. The van der Waals surface area contributed by atoms with Gasteiger partial charge in [0.2, 0.25) is 5.91 Å². The van der Waals surface area contributed by atoms with Gasteiger partial charge in [0.05, 0.1) is 44.2 Å². The van der Waals surface area contributed by atoms with Crippen molar-refractivity contribution in [3.05, 3.63) is 48.0 Å². The van der Waals surface area contributed by atoms with Crippen molar-refractivity contribution >= 4 is 5.91 Å². The fraction of sp³-hybridized carbons (Fsp3) is 0.471. The second-order valence-corrected chi connectivity index (χ2v) is 6.07. The maximum Gasteiger partial charge on any atom is 0.234 e. The summed E-state index contributed by atoms with van der Waals surface area (Å²) in [6, 6.07) is 5.68. The standard InChI is InChI=1S/C17H23N5O2/c1-14-8-20-22(10-14)12-16-11-21(6-7-24-16)13-17(23)19-9-15-4-2-3-5-18-15/h2-5,8,10,16H,6-7,9,11-13H2,1H3,(H,19,23)/t16-/m1/s1. The van der Waals surface area contributed by atoms with Gasteiger partial charge in [-0.15, -0.1) is 0 Å². The number of carbonyl (C=O) groups is 1. The number of aryl methyl sites for hydroxylation is 1. The molecule has 1 fully saturated rings. The summed E-state index contributed by atoms with van der Waals surface area (Å²) in [7, 11) is 0. The van der Waals surface area contributed by atoms with Crippen molar-refractivity contribution in [1.82, 2.24) is 25.0 Å². The van der Waals surface area contributed by atoms with Crippen LogP contribution in [0.3, 0.4) is 0 Å². The van der Waals surface area contributed by atoms with Crippen molar-refractivity contribution in [2.45, 2.75) is 26.1 Å². The van der Waals surface area contributed by atoms with Crippen LogP contribution in [-0.4, -0.2) is 57.9 Å². The number of pyridine rings is 1. The largest absolute Gasteiger partial charge is 0.374 e. The molecule has 128 valence electrons. The van der Waals surface area contributed by atoms with Crippen molar-refractivity contribution in [3.63, 3.8) is 0 Å². The molecule has 0 unspecified atom stereocenters. The number of nitrogens with zero attached hydrogens (tertiary/aromatic N) is 4. The minimum atomic E-state index is 0.0104.